The Bertz CT molecular complexity index is 668. The zero-order chi connectivity index (χ0) is 15.4. The second kappa shape index (κ2) is 6.47. The molecule has 2 aromatic rings. The van der Waals surface area contributed by atoms with E-state index in [1.165, 1.54) is 12.7 Å². The number of anilines is 1. The molecule has 5 nitrogen and oxygen atoms in total. The van der Waals surface area contributed by atoms with E-state index in [0.717, 1.165) is 35.8 Å². The Morgan fingerprint density at radius 2 is 2.05 bits per heavy atom. The summed E-state index contributed by atoms with van der Waals surface area (Å²) in [6.45, 7) is 1.37. The fraction of sp³-hybridized carbons (Fsp3) is 0.294. The molecule has 22 heavy (non-hydrogen) atoms. The lowest BCUT2D eigenvalue weighted by atomic mass is 10.1. The Morgan fingerprint density at radius 1 is 1.23 bits per heavy atom. The SMILES string of the molecule is COC(=O)Cc1ccc(OCc2ccc3c(n2)NCC3)cc1. The van der Waals surface area contributed by atoms with Gasteiger partial charge in [0, 0.05) is 6.54 Å². The Labute approximate surface area is 129 Å². The number of hydrogen-bond acceptors (Lipinski definition) is 5. The number of nitrogens with zero attached hydrogens (tertiary/aromatic N) is 1. The summed E-state index contributed by atoms with van der Waals surface area (Å²) < 4.78 is 10.4. The van der Waals surface area contributed by atoms with E-state index in [0.29, 0.717) is 6.61 Å². The largest absolute Gasteiger partial charge is 0.487 e. The van der Waals surface area contributed by atoms with Crippen LogP contribution in [0, 0.1) is 0 Å². The minimum absolute atomic E-state index is 0.247. The first kappa shape index (κ1) is 14.4. The number of carbonyl (C=O) groups excluding carboxylic acids is 1. The Morgan fingerprint density at radius 3 is 2.82 bits per heavy atom. The monoisotopic (exact) mass is 298 g/mol. The number of carbonyl (C=O) groups is 1. The molecule has 5 heteroatoms. The maximum absolute atomic E-state index is 11.2. The van der Waals surface area contributed by atoms with Gasteiger partial charge in [0.1, 0.15) is 18.2 Å². The maximum atomic E-state index is 11.2. The molecule has 1 N–H and O–H groups in total. The molecule has 3 rings (SSSR count). The van der Waals surface area contributed by atoms with Crippen LogP contribution in [-0.2, 0) is 29.0 Å². The molecular formula is C17H18N2O3. The van der Waals surface area contributed by atoms with Gasteiger partial charge in [-0.2, -0.15) is 0 Å². The second-order valence-corrected chi connectivity index (χ2v) is 5.17. The van der Waals surface area contributed by atoms with Crippen LogP contribution in [0.2, 0.25) is 0 Å². The molecule has 0 aliphatic carbocycles. The van der Waals surface area contributed by atoms with Crippen molar-refractivity contribution in [1.82, 2.24) is 4.98 Å². The minimum Gasteiger partial charge on any atom is -0.487 e. The Hall–Kier alpha value is -2.56. The molecule has 0 spiro atoms. The number of aromatic nitrogens is 1. The molecule has 114 valence electrons. The van der Waals surface area contributed by atoms with Gasteiger partial charge in [-0.05, 0) is 35.7 Å². The lowest BCUT2D eigenvalue weighted by Gasteiger charge is -2.08. The van der Waals surface area contributed by atoms with Crippen LogP contribution < -0.4 is 10.1 Å². The minimum atomic E-state index is -0.247. The van der Waals surface area contributed by atoms with Crippen molar-refractivity contribution in [3.8, 4) is 5.75 Å². The van der Waals surface area contributed by atoms with E-state index < -0.39 is 0 Å². The number of hydrogen-bond donors (Lipinski definition) is 1. The third-order valence-corrected chi connectivity index (χ3v) is 3.61. The highest BCUT2D eigenvalue weighted by Crippen LogP contribution is 2.20. The molecule has 1 aromatic heterocycles. The molecule has 1 aliphatic heterocycles. The van der Waals surface area contributed by atoms with Crippen molar-refractivity contribution in [2.45, 2.75) is 19.4 Å². The molecule has 0 radical (unpaired) electrons. The lowest BCUT2D eigenvalue weighted by Crippen LogP contribution is -2.04. The van der Waals surface area contributed by atoms with E-state index in [4.69, 9.17) is 4.74 Å². The van der Waals surface area contributed by atoms with Crippen LogP contribution in [-0.4, -0.2) is 24.6 Å². The average Bonchev–Trinajstić information content (AvgIpc) is 3.01. The zero-order valence-electron chi connectivity index (χ0n) is 12.5. The highest BCUT2D eigenvalue weighted by molar-refractivity contribution is 5.72. The Kier molecular flexibility index (Phi) is 4.23. The van der Waals surface area contributed by atoms with Gasteiger partial charge in [0.25, 0.3) is 0 Å². The summed E-state index contributed by atoms with van der Waals surface area (Å²) in [7, 11) is 1.39. The lowest BCUT2D eigenvalue weighted by molar-refractivity contribution is -0.139. The van der Waals surface area contributed by atoms with Gasteiger partial charge in [0.2, 0.25) is 0 Å². The first-order chi connectivity index (χ1) is 10.7. The molecule has 2 heterocycles. The maximum Gasteiger partial charge on any atom is 0.309 e. The summed E-state index contributed by atoms with van der Waals surface area (Å²) in [6, 6.07) is 11.5. The molecule has 1 aliphatic rings. The normalized spacial score (nSPS) is 12.4. The number of esters is 1. The number of benzene rings is 1. The van der Waals surface area contributed by atoms with Gasteiger partial charge in [0.15, 0.2) is 0 Å². The van der Waals surface area contributed by atoms with E-state index in [1.807, 2.05) is 30.3 Å². The summed E-state index contributed by atoms with van der Waals surface area (Å²) in [4.78, 5) is 15.7. The van der Waals surface area contributed by atoms with Gasteiger partial charge >= 0.3 is 5.97 Å². The molecule has 0 amide bonds. The number of nitrogens with one attached hydrogen (secondary N) is 1. The predicted molar refractivity (Wildman–Crippen MR) is 82.9 cm³/mol. The van der Waals surface area contributed by atoms with Crippen molar-refractivity contribution in [2.75, 3.05) is 19.0 Å². The van der Waals surface area contributed by atoms with Crippen LogP contribution >= 0.6 is 0 Å². The average molecular weight is 298 g/mol. The fourth-order valence-corrected chi connectivity index (χ4v) is 2.38. The molecule has 0 fully saturated rings. The molecule has 0 bridgehead atoms. The third-order valence-electron chi connectivity index (χ3n) is 3.61. The van der Waals surface area contributed by atoms with Crippen LogP contribution in [0.4, 0.5) is 5.82 Å². The summed E-state index contributed by atoms with van der Waals surface area (Å²) in [5.41, 5.74) is 3.06. The number of fused-ring (bicyclic) bond motifs is 1. The van der Waals surface area contributed by atoms with Gasteiger partial charge in [-0.1, -0.05) is 18.2 Å². The number of methoxy groups -OCH3 is 1. The van der Waals surface area contributed by atoms with Crippen LogP contribution in [0.15, 0.2) is 36.4 Å². The molecular weight excluding hydrogens is 280 g/mol. The highest BCUT2D eigenvalue weighted by atomic mass is 16.5. The van der Waals surface area contributed by atoms with Gasteiger partial charge in [0.05, 0.1) is 19.2 Å². The van der Waals surface area contributed by atoms with Crippen molar-refractivity contribution >= 4 is 11.8 Å². The first-order valence-electron chi connectivity index (χ1n) is 7.26. The van der Waals surface area contributed by atoms with E-state index in [-0.39, 0.29) is 12.4 Å². The predicted octanol–water partition coefficient (Wildman–Crippen LogP) is 2.34. The van der Waals surface area contributed by atoms with E-state index in [2.05, 4.69) is 21.1 Å². The topological polar surface area (TPSA) is 60.5 Å². The molecule has 0 saturated heterocycles. The smallest absolute Gasteiger partial charge is 0.309 e. The number of ether oxygens (including phenoxy) is 2. The highest BCUT2D eigenvalue weighted by Gasteiger charge is 2.11. The molecule has 0 saturated carbocycles. The van der Waals surface area contributed by atoms with Crippen LogP contribution in [0.5, 0.6) is 5.75 Å². The number of rotatable bonds is 5. The molecule has 0 unspecified atom stereocenters. The van der Waals surface area contributed by atoms with E-state index in [1.54, 1.807) is 0 Å². The van der Waals surface area contributed by atoms with Gasteiger partial charge < -0.3 is 14.8 Å². The van der Waals surface area contributed by atoms with Gasteiger partial charge in [-0.3, -0.25) is 4.79 Å². The Balaban J connectivity index is 1.58. The standard InChI is InChI=1S/C17H18N2O3/c1-21-16(20)10-12-2-6-15(7-3-12)22-11-14-5-4-13-8-9-18-17(13)19-14/h2-7H,8-11H2,1H3,(H,18,19). The fourth-order valence-electron chi connectivity index (χ4n) is 2.38. The van der Waals surface area contributed by atoms with Crippen LogP contribution in [0.3, 0.4) is 0 Å². The van der Waals surface area contributed by atoms with Crippen molar-refractivity contribution in [3.05, 3.63) is 53.2 Å². The van der Waals surface area contributed by atoms with Crippen molar-refractivity contribution < 1.29 is 14.3 Å². The summed E-state index contributed by atoms with van der Waals surface area (Å²) >= 11 is 0. The zero-order valence-corrected chi connectivity index (χ0v) is 12.5. The van der Waals surface area contributed by atoms with E-state index in [9.17, 15) is 4.79 Å². The van der Waals surface area contributed by atoms with E-state index >= 15 is 0 Å². The van der Waals surface area contributed by atoms with Crippen molar-refractivity contribution in [1.29, 1.82) is 0 Å². The van der Waals surface area contributed by atoms with Gasteiger partial charge in [-0.15, -0.1) is 0 Å². The molecule has 0 atom stereocenters. The van der Waals surface area contributed by atoms with Gasteiger partial charge in [-0.25, -0.2) is 4.98 Å². The third kappa shape index (κ3) is 3.36. The van der Waals surface area contributed by atoms with Crippen LogP contribution in [0.25, 0.3) is 0 Å². The molecule has 1 aromatic carbocycles. The van der Waals surface area contributed by atoms with Crippen LogP contribution in [0.1, 0.15) is 16.8 Å². The first-order valence-corrected chi connectivity index (χ1v) is 7.26. The second-order valence-electron chi connectivity index (χ2n) is 5.17. The van der Waals surface area contributed by atoms with Crippen molar-refractivity contribution in [2.24, 2.45) is 0 Å². The number of pyridine rings is 1. The quantitative estimate of drug-likeness (QED) is 0.859. The summed E-state index contributed by atoms with van der Waals surface area (Å²) in [5.74, 6) is 1.47. The summed E-state index contributed by atoms with van der Waals surface area (Å²) in [6.07, 6.45) is 1.31. The summed E-state index contributed by atoms with van der Waals surface area (Å²) in [5, 5.41) is 3.26. The van der Waals surface area contributed by atoms with Crippen molar-refractivity contribution in [3.63, 3.8) is 0 Å².